The molecule has 0 fully saturated rings. The van der Waals surface area contributed by atoms with Crippen LogP contribution in [0.15, 0.2) is 28.7 Å². The van der Waals surface area contributed by atoms with Crippen LogP contribution in [-0.2, 0) is 4.79 Å². The van der Waals surface area contributed by atoms with Crippen LogP contribution < -0.4 is 4.74 Å². The van der Waals surface area contributed by atoms with Crippen LogP contribution in [0.4, 0.5) is 0 Å². The van der Waals surface area contributed by atoms with Crippen molar-refractivity contribution in [1.82, 2.24) is 4.90 Å². The molecule has 98 valence electrons. The zero-order valence-electron chi connectivity index (χ0n) is 10.5. The first-order valence-corrected chi connectivity index (χ1v) is 6.69. The van der Waals surface area contributed by atoms with E-state index in [9.17, 15) is 4.79 Å². The lowest BCUT2D eigenvalue weighted by Gasteiger charge is -2.25. The summed E-state index contributed by atoms with van der Waals surface area (Å²) in [6.45, 7) is 0.0207. The summed E-state index contributed by atoms with van der Waals surface area (Å²) in [5, 5.41) is 8.48. The Morgan fingerprint density at radius 2 is 2.32 bits per heavy atom. The number of benzene rings is 1. The van der Waals surface area contributed by atoms with Crippen LogP contribution in [0, 0.1) is 11.3 Å². The van der Waals surface area contributed by atoms with Gasteiger partial charge in [0.15, 0.2) is 6.61 Å². The number of ether oxygens (including phenoxy) is 1. The zero-order valence-corrected chi connectivity index (χ0v) is 12.1. The molecule has 0 atom stereocenters. The standard InChI is InChI=1S/C14H13BrN2O2/c1-17-13(3-2-4-14(17)18)11-6-5-10(9-12(11)15)19-8-7-16/h3,5-6,9H,2,4,8H2,1H3. The zero-order chi connectivity index (χ0) is 13.8. The van der Waals surface area contributed by atoms with E-state index >= 15 is 0 Å². The van der Waals surface area contributed by atoms with Crippen LogP contribution in [0.1, 0.15) is 18.4 Å². The van der Waals surface area contributed by atoms with E-state index in [0.29, 0.717) is 12.2 Å². The Kier molecular flexibility index (Phi) is 4.23. The Balaban J connectivity index is 2.29. The second-order valence-corrected chi connectivity index (χ2v) is 5.02. The van der Waals surface area contributed by atoms with Crippen LogP contribution in [0.2, 0.25) is 0 Å². The summed E-state index contributed by atoms with van der Waals surface area (Å²) < 4.78 is 6.08. The molecule has 5 heteroatoms. The lowest BCUT2D eigenvalue weighted by molar-refractivity contribution is -0.127. The average molecular weight is 321 g/mol. The van der Waals surface area contributed by atoms with Crippen molar-refractivity contribution >= 4 is 27.5 Å². The third-order valence-electron chi connectivity index (χ3n) is 2.95. The smallest absolute Gasteiger partial charge is 0.227 e. The quantitative estimate of drug-likeness (QED) is 0.860. The second kappa shape index (κ2) is 5.89. The first-order chi connectivity index (χ1) is 9.13. The maximum Gasteiger partial charge on any atom is 0.227 e. The average Bonchev–Trinajstić information content (AvgIpc) is 2.40. The largest absolute Gasteiger partial charge is 0.479 e. The lowest BCUT2D eigenvalue weighted by atomic mass is 10.0. The molecule has 1 aliphatic rings. The van der Waals surface area contributed by atoms with E-state index in [1.54, 1.807) is 24.1 Å². The third-order valence-corrected chi connectivity index (χ3v) is 3.61. The molecule has 4 nitrogen and oxygen atoms in total. The Morgan fingerprint density at radius 1 is 1.53 bits per heavy atom. The van der Waals surface area contributed by atoms with E-state index in [2.05, 4.69) is 22.0 Å². The van der Waals surface area contributed by atoms with Crippen molar-refractivity contribution in [3.8, 4) is 11.8 Å². The second-order valence-electron chi connectivity index (χ2n) is 4.17. The highest BCUT2D eigenvalue weighted by Crippen LogP contribution is 2.32. The summed E-state index contributed by atoms with van der Waals surface area (Å²) >= 11 is 3.48. The molecular formula is C14H13BrN2O2. The Labute approximate surface area is 120 Å². The normalized spacial score (nSPS) is 14.9. The molecule has 0 spiro atoms. The Hall–Kier alpha value is -1.80. The van der Waals surface area contributed by atoms with Gasteiger partial charge < -0.3 is 9.64 Å². The minimum absolute atomic E-state index is 0.0207. The van der Waals surface area contributed by atoms with Gasteiger partial charge in [0.1, 0.15) is 11.8 Å². The van der Waals surface area contributed by atoms with E-state index < -0.39 is 0 Å². The summed E-state index contributed by atoms with van der Waals surface area (Å²) in [4.78, 5) is 13.4. The summed E-state index contributed by atoms with van der Waals surface area (Å²) in [6.07, 6.45) is 3.37. The highest BCUT2D eigenvalue weighted by Gasteiger charge is 2.20. The number of amides is 1. The van der Waals surface area contributed by atoms with Gasteiger partial charge in [0.25, 0.3) is 0 Å². The van der Waals surface area contributed by atoms with Gasteiger partial charge in [0.2, 0.25) is 5.91 Å². The molecule has 1 heterocycles. The van der Waals surface area contributed by atoms with Crippen LogP contribution in [0.25, 0.3) is 5.70 Å². The predicted molar refractivity (Wildman–Crippen MR) is 75.2 cm³/mol. The van der Waals surface area contributed by atoms with Gasteiger partial charge in [-0.2, -0.15) is 5.26 Å². The van der Waals surface area contributed by atoms with E-state index in [-0.39, 0.29) is 12.5 Å². The van der Waals surface area contributed by atoms with Gasteiger partial charge in [0.05, 0.1) is 0 Å². The van der Waals surface area contributed by atoms with E-state index in [0.717, 1.165) is 22.2 Å². The molecule has 0 radical (unpaired) electrons. The minimum Gasteiger partial charge on any atom is -0.479 e. The molecule has 0 saturated carbocycles. The summed E-state index contributed by atoms with van der Waals surface area (Å²) in [6, 6.07) is 7.41. The molecule has 0 unspecified atom stereocenters. The fraction of sp³-hybridized carbons (Fsp3) is 0.286. The number of halogens is 1. The molecule has 0 aromatic heterocycles. The summed E-state index contributed by atoms with van der Waals surface area (Å²) in [5.41, 5.74) is 1.84. The maximum atomic E-state index is 11.7. The third kappa shape index (κ3) is 2.96. The first-order valence-electron chi connectivity index (χ1n) is 5.90. The molecule has 1 aliphatic heterocycles. The number of allylic oxidation sites excluding steroid dienone is 1. The van der Waals surface area contributed by atoms with Gasteiger partial charge in [-0.25, -0.2) is 0 Å². The number of carbonyl (C=O) groups is 1. The SMILES string of the molecule is CN1C(=O)CCC=C1c1ccc(OCC#N)cc1Br. The topological polar surface area (TPSA) is 53.3 Å². The number of hydrogen-bond donors (Lipinski definition) is 0. The molecule has 1 amide bonds. The molecule has 0 N–H and O–H groups in total. The van der Waals surface area contributed by atoms with Gasteiger partial charge in [-0.15, -0.1) is 0 Å². The molecule has 19 heavy (non-hydrogen) atoms. The summed E-state index contributed by atoms with van der Waals surface area (Å²) in [7, 11) is 1.78. The number of carbonyl (C=O) groups excluding carboxylic acids is 1. The fourth-order valence-electron chi connectivity index (χ4n) is 1.97. The van der Waals surface area contributed by atoms with Crippen LogP contribution in [-0.4, -0.2) is 24.5 Å². The van der Waals surface area contributed by atoms with Gasteiger partial charge in [0, 0.05) is 29.2 Å². The van der Waals surface area contributed by atoms with Crippen molar-refractivity contribution in [2.75, 3.05) is 13.7 Å². The highest BCUT2D eigenvalue weighted by molar-refractivity contribution is 9.10. The number of rotatable bonds is 3. The number of hydrogen-bond acceptors (Lipinski definition) is 3. The predicted octanol–water partition coefficient (Wildman–Crippen LogP) is 2.94. The molecule has 0 aliphatic carbocycles. The van der Waals surface area contributed by atoms with Crippen molar-refractivity contribution < 1.29 is 9.53 Å². The van der Waals surface area contributed by atoms with Gasteiger partial charge >= 0.3 is 0 Å². The van der Waals surface area contributed by atoms with Gasteiger partial charge in [-0.05, 0) is 40.5 Å². The van der Waals surface area contributed by atoms with E-state index in [1.165, 1.54) is 0 Å². The highest BCUT2D eigenvalue weighted by atomic mass is 79.9. The van der Waals surface area contributed by atoms with Crippen molar-refractivity contribution in [3.63, 3.8) is 0 Å². The maximum absolute atomic E-state index is 11.7. The molecule has 2 rings (SSSR count). The van der Waals surface area contributed by atoms with Crippen molar-refractivity contribution in [2.45, 2.75) is 12.8 Å². The molecule has 0 saturated heterocycles. The molecule has 0 bridgehead atoms. The fourth-order valence-corrected chi connectivity index (χ4v) is 2.53. The molecule has 1 aromatic rings. The monoisotopic (exact) mass is 320 g/mol. The first kappa shape index (κ1) is 13.6. The molecular weight excluding hydrogens is 308 g/mol. The van der Waals surface area contributed by atoms with Crippen LogP contribution in [0.5, 0.6) is 5.75 Å². The van der Waals surface area contributed by atoms with E-state index in [4.69, 9.17) is 10.00 Å². The van der Waals surface area contributed by atoms with Crippen molar-refractivity contribution in [3.05, 3.63) is 34.3 Å². The number of nitrogens with zero attached hydrogens (tertiary/aromatic N) is 2. The lowest BCUT2D eigenvalue weighted by Crippen LogP contribution is -2.27. The van der Waals surface area contributed by atoms with Crippen molar-refractivity contribution in [2.24, 2.45) is 0 Å². The number of nitriles is 1. The van der Waals surface area contributed by atoms with Gasteiger partial charge in [-0.3, -0.25) is 4.79 Å². The van der Waals surface area contributed by atoms with Crippen LogP contribution in [0.3, 0.4) is 0 Å². The van der Waals surface area contributed by atoms with Crippen molar-refractivity contribution in [1.29, 1.82) is 5.26 Å². The Bertz CT molecular complexity index is 575. The Morgan fingerprint density at radius 3 is 3.00 bits per heavy atom. The van der Waals surface area contributed by atoms with Crippen LogP contribution >= 0.6 is 15.9 Å². The van der Waals surface area contributed by atoms with E-state index in [1.807, 2.05) is 12.1 Å². The summed E-state index contributed by atoms with van der Waals surface area (Å²) in [5.74, 6) is 0.747. The van der Waals surface area contributed by atoms with Gasteiger partial charge in [-0.1, -0.05) is 6.08 Å². The molecule has 1 aromatic carbocycles. The minimum atomic E-state index is 0.0207.